The van der Waals surface area contributed by atoms with Crippen molar-refractivity contribution in [1.82, 2.24) is 16.0 Å². The number of alkyl halides is 3. The first-order valence-electron chi connectivity index (χ1n) is 12.1. The third kappa shape index (κ3) is 5.75. The number of para-hydroxylation sites is 2. The summed E-state index contributed by atoms with van der Waals surface area (Å²) >= 11 is 0. The number of anilines is 1. The summed E-state index contributed by atoms with van der Waals surface area (Å²) in [4.78, 5) is 27.5. The van der Waals surface area contributed by atoms with Crippen LogP contribution < -0.4 is 25.6 Å². The van der Waals surface area contributed by atoms with Gasteiger partial charge in [-0.25, -0.2) is 0 Å². The Labute approximate surface area is 208 Å². The van der Waals surface area contributed by atoms with E-state index in [-0.39, 0.29) is 23.9 Å². The molecule has 10 heteroatoms. The fraction of sp³-hybridized carbons (Fsp3) is 0.462. The monoisotopic (exact) mass is 504 g/mol. The molecule has 4 rings (SSSR count). The van der Waals surface area contributed by atoms with Gasteiger partial charge in [-0.2, -0.15) is 13.2 Å². The number of methoxy groups -OCH3 is 1. The van der Waals surface area contributed by atoms with Gasteiger partial charge in [-0.3, -0.25) is 9.59 Å². The molecule has 3 N–H and O–H groups in total. The second kappa shape index (κ2) is 10.8. The van der Waals surface area contributed by atoms with Gasteiger partial charge in [0, 0.05) is 25.2 Å². The maximum absolute atomic E-state index is 12.9. The molecule has 2 fully saturated rings. The van der Waals surface area contributed by atoms with Crippen molar-refractivity contribution in [3.63, 3.8) is 0 Å². The van der Waals surface area contributed by atoms with Gasteiger partial charge in [-0.15, -0.1) is 0 Å². The zero-order chi connectivity index (χ0) is 25.8. The largest absolute Gasteiger partial charge is 0.495 e. The Hall–Kier alpha value is -3.27. The molecule has 2 aromatic rings. The molecule has 0 bridgehead atoms. The van der Waals surface area contributed by atoms with Crippen LogP contribution in [0.2, 0.25) is 0 Å². The smallest absolute Gasteiger partial charge is 0.416 e. The Morgan fingerprint density at radius 1 is 1.14 bits per heavy atom. The highest BCUT2D eigenvalue weighted by Crippen LogP contribution is 2.37. The molecular formula is C26H31F3N4O3. The molecule has 0 unspecified atom stereocenters. The van der Waals surface area contributed by atoms with Crippen molar-refractivity contribution >= 4 is 17.5 Å². The van der Waals surface area contributed by atoms with Gasteiger partial charge in [0.05, 0.1) is 30.4 Å². The van der Waals surface area contributed by atoms with Crippen molar-refractivity contribution in [2.75, 3.05) is 44.7 Å². The highest BCUT2D eigenvalue weighted by Gasteiger charge is 2.43. The first kappa shape index (κ1) is 25.8. The lowest BCUT2D eigenvalue weighted by Gasteiger charge is -2.43. The topological polar surface area (TPSA) is 82.7 Å². The van der Waals surface area contributed by atoms with Crippen molar-refractivity contribution in [2.45, 2.75) is 31.0 Å². The number of carbonyl (C=O) groups is 2. The number of hydrogen-bond donors (Lipinski definition) is 3. The third-order valence-electron chi connectivity index (χ3n) is 7.14. The predicted octanol–water partition coefficient (Wildman–Crippen LogP) is 3.21. The number of amides is 2. The maximum atomic E-state index is 12.9. The molecule has 7 nitrogen and oxygen atoms in total. The quantitative estimate of drug-likeness (QED) is 0.540. The van der Waals surface area contributed by atoms with Crippen LogP contribution >= 0.6 is 0 Å². The zero-order valence-electron chi connectivity index (χ0n) is 20.2. The van der Waals surface area contributed by atoms with Crippen LogP contribution in [-0.2, 0) is 11.0 Å². The van der Waals surface area contributed by atoms with Gasteiger partial charge in [-0.1, -0.05) is 18.2 Å². The molecule has 2 heterocycles. The fourth-order valence-corrected chi connectivity index (χ4v) is 5.25. The molecule has 2 aliphatic rings. The number of halogens is 3. The van der Waals surface area contributed by atoms with E-state index in [1.54, 1.807) is 7.11 Å². The maximum Gasteiger partial charge on any atom is 0.416 e. The van der Waals surface area contributed by atoms with E-state index >= 15 is 0 Å². The number of benzene rings is 2. The average Bonchev–Trinajstić information content (AvgIpc) is 3.36. The first-order valence-corrected chi connectivity index (χ1v) is 12.1. The molecule has 2 saturated heterocycles. The number of nitrogens with one attached hydrogen (secondary N) is 3. The number of rotatable bonds is 7. The van der Waals surface area contributed by atoms with E-state index < -0.39 is 23.2 Å². The van der Waals surface area contributed by atoms with E-state index in [2.05, 4.69) is 20.9 Å². The second-order valence-corrected chi connectivity index (χ2v) is 9.33. The minimum atomic E-state index is -4.54. The number of hydrogen-bond acceptors (Lipinski definition) is 5. The Bertz CT molecular complexity index is 1080. The lowest BCUT2D eigenvalue weighted by Crippen LogP contribution is -2.59. The van der Waals surface area contributed by atoms with E-state index in [0.717, 1.165) is 62.5 Å². The summed E-state index contributed by atoms with van der Waals surface area (Å²) in [6, 6.07) is 12.1. The van der Waals surface area contributed by atoms with Crippen LogP contribution in [0.5, 0.6) is 5.75 Å². The van der Waals surface area contributed by atoms with E-state index in [1.165, 1.54) is 12.1 Å². The Morgan fingerprint density at radius 3 is 2.56 bits per heavy atom. The molecule has 1 atom stereocenters. The molecule has 0 aromatic heterocycles. The highest BCUT2D eigenvalue weighted by atomic mass is 19.4. The normalized spacial score (nSPS) is 20.7. The van der Waals surface area contributed by atoms with Crippen LogP contribution in [0.3, 0.4) is 0 Å². The summed E-state index contributed by atoms with van der Waals surface area (Å²) in [7, 11) is 1.66. The van der Waals surface area contributed by atoms with Crippen LogP contribution in [0.25, 0.3) is 0 Å². The van der Waals surface area contributed by atoms with Gasteiger partial charge in [0.15, 0.2) is 0 Å². The van der Waals surface area contributed by atoms with Gasteiger partial charge in [0.25, 0.3) is 5.91 Å². The number of carbonyl (C=O) groups excluding carboxylic acids is 2. The third-order valence-corrected chi connectivity index (χ3v) is 7.14. The van der Waals surface area contributed by atoms with Crippen molar-refractivity contribution < 1.29 is 27.5 Å². The summed E-state index contributed by atoms with van der Waals surface area (Å²) < 4.78 is 44.3. The second-order valence-electron chi connectivity index (χ2n) is 9.33. The van der Waals surface area contributed by atoms with E-state index in [0.29, 0.717) is 6.54 Å². The van der Waals surface area contributed by atoms with E-state index in [4.69, 9.17) is 4.74 Å². The Morgan fingerprint density at radius 2 is 1.89 bits per heavy atom. The average molecular weight is 505 g/mol. The Kier molecular flexibility index (Phi) is 7.73. The number of ether oxygens (including phenoxy) is 1. The molecule has 0 spiro atoms. The number of nitrogens with zero attached hydrogens (tertiary/aromatic N) is 1. The molecule has 2 amide bonds. The first-order chi connectivity index (χ1) is 17.2. The van der Waals surface area contributed by atoms with Crippen LogP contribution in [0.4, 0.5) is 18.9 Å². The van der Waals surface area contributed by atoms with Gasteiger partial charge in [0.2, 0.25) is 5.91 Å². The lowest BCUT2D eigenvalue weighted by atomic mass is 9.76. The Balaban J connectivity index is 1.35. The molecule has 0 aliphatic carbocycles. The van der Waals surface area contributed by atoms with Crippen LogP contribution in [-0.4, -0.2) is 57.2 Å². The van der Waals surface area contributed by atoms with Crippen molar-refractivity contribution in [3.05, 3.63) is 59.7 Å². The predicted molar refractivity (Wildman–Crippen MR) is 130 cm³/mol. The van der Waals surface area contributed by atoms with E-state index in [9.17, 15) is 22.8 Å². The summed E-state index contributed by atoms with van der Waals surface area (Å²) in [5.41, 5.74) is -0.419. The van der Waals surface area contributed by atoms with Crippen molar-refractivity contribution in [1.29, 1.82) is 0 Å². The standard InChI is InChI=1S/C26H31F3N4O3/c1-36-22-8-3-2-7-21(22)33-13-9-19(10-14-33)25(11-12-30-17-25)32-23(34)16-31-24(35)18-5-4-6-20(15-18)26(27,28)29/h2-8,15,19,30H,9-14,16-17H2,1H3,(H,31,35)(H,32,34)/t25-/m0/s1. The van der Waals surface area contributed by atoms with Crippen LogP contribution in [0.15, 0.2) is 48.5 Å². The van der Waals surface area contributed by atoms with Crippen LogP contribution in [0, 0.1) is 5.92 Å². The van der Waals surface area contributed by atoms with Crippen molar-refractivity contribution in [3.8, 4) is 5.75 Å². The molecule has 2 aliphatic heterocycles. The summed E-state index contributed by atoms with van der Waals surface area (Å²) in [5.74, 6) is 0.00531. The summed E-state index contributed by atoms with van der Waals surface area (Å²) in [5, 5.41) is 8.94. The summed E-state index contributed by atoms with van der Waals surface area (Å²) in [6.07, 6.45) is -2.00. The minimum absolute atomic E-state index is 0.140. The van der Waals surface area contributed by atoms with Gasteiger partial charge < -0.3 is 25.6 Å². The minimum Gasteiger partial charge on any atom is -0.495 e. The number of piperidine rings is 1. The molecule has 0 radical (unpaired) electrons. The summed E-state index contributed by atoms with van der Waals surface area (Å²) in [6.45, 7) is 2.77. The SMILES string of the molecule is COc1ccccc1N1CCC([C@]2(NC(=O)CNC(=O)c3cccc(C(F)(F)F)c3)CCNC2)CC1. The lowest BCUT2D eigenvalue weighted by molar-refractivity contribution is -0.137. The van der Waals surface area contributed by atoms with Gasteiger partial charge in [0.1, 0.15) is 5.75 Å². The van der Waals surface area contributed by atoms with Crippen LogP contribution in [0.1, 0.15) is 35.2 Å². The van der Waals surface area contributed by atoms with E-state index in [1.807, 2.05) is 24.3 Å². The van der Waals surface area contributed by atoms with Gasteiger partial charge in [-0.05, 0) is 62.1 Å². The highest BCUT2D eigenvalue weighted by molar-refractivity contribution is 5.96. The molecule has 194 valence electrons. The zero-order valence-corrected chi connectivity index (χ0v) is 20.2. The molecule has 2 aromatic carbocycles. The van der Waals surface area contributed by atoms with Gasteiger partial charge >= 0.3 is 6.18 Å². The molecule has 36 heavy (non-hydrogen) atoms. The van der Waals surface area contributed by atoms with Crippen molar-refractivity contribution in [2.24, 2.45) is 5.92 Å². The molecule has 0 saturated carbocycles. The fourth-order valence-electron chi connectivity index (χ4n) is 5.25. The molecular weight excluding hydrogens is 473 g/mol.